The Morgan fingerprint density at radius 3 is 2.72 bits per heavy atom. The summed E-state index contributed by atoms with van der Waals surface area (Å²) in [4.78, 5) is 12.5. The van der Waals surface area contributed by atoms with E-state index >= 15 is 0 Å². The molecule has 0 aromatic carbocycles. The fraction of sp³-hybridized carbons (Fsp3) is 0.864. The highest BCUT2D eigenvalue weighted by molar-refractivity contribution is 5.87. The number of likely N-dealkylation sites (N-methyl/N-ethyl adjacent to an activating group) is 1. The molecule has 25 heavy (non-hydrogen) atoms. The van der Waals surface area contributed by atoms with Gasteiger partial charge in [-0.3, -0.25) is 4.79 Å². The lowest BCUT2D eigenvalue weighted by Crippen LogP contribution is -2.50. The number of carbonyl (C=O) groups is 1. The number of ketones is 1. The Labute approximate surface area is 153 Å². The zero-order chi connectivity index (χ0) is 17.7. The molecule has 140 valence electrons. The zero-order valence-electron chi connectivity index (χ0n) is 16.3. The first-order valence-corrected chi connectivity index (χ1v) is 10.5. The summed E-state index contributed by atoms with van der Waals surface area (Å²) in [5, 5.41) is 3.17. The Bertz CT molecular complexity index is 570. The van der Waals surface area contributed by atoms with Gasteiger partial charge in [-0.25, -0.2) is 0 Å². The van der Waals surface area contributed by atoms with Gasteiger partial charge in [-0.1, -0.05) is 25.5 Å². The van der Waals surface area contributed by atoms with E-state index in [9.17, 15) is 4.79 Å². The maximum Gasteiger partial charge on any atom is 0.139 e. The predicted octanol–water partition coefficient (Wildman–Crippen LogP) is 4.12. The summed E-state index contributed by atoms with van der Waals surface area (Å²) in [5.41, 5.74) is 2.03. The Morgan fingerprint density at radius 1 is 1.16 bits per heavy atom. The molecule has 0 aliphatic heterocycles. The van der Waals surface area contributed by atoms with E-state index in [1.54, 1.807) is 5.57 Å². The van der Waals surface area contributed by atoms with E-state index < -0.39 is 0 Å². The lowest BCUT2D eigenvalue weighted by Gasteiger charge is -2.57. The Hall–Kier alpha value is -0.670. The number of fused-ring (bicyclic) bond motifs is 5. The van der Waals surface area contributed by atoms with Gasteiger partial charge in [0.05, 0.1) is 12.7 Å². The molecule has 3 nitrogen and oxygen atoms in total. The molecule has 4 rings (SSSR count). The first kappa shape index (κ1) is 17.7. The summed E-state index contributed by atoms with van der Waals surface area (Å²) in [6, 6.07) is 0. The summed E-state index contributed by atoms with van der Waals surface area (Å²) in [6.45, 7) is 6.56. The van der Waals surface area contributed by atoms with Crippen LogP contribution in [0.4, 0.5) is 0 Å². The molecule has 4 unspecified atom stereocenters. The fourth-order valence-corrected chi connectivity index (χ4v) is 6.87. The standard InChI is InChI=1S/C22H35NO2/c1-21-10-8-16(25-13-12-23-3)14-15(21)4-5-17-18-6-7-20(24)22(18,2)11-9-19(17)21/h4,16-19,23H,5-14H2,1-3H3/t16?,17?,18?,19?,21-,22-/m0/s1. The van der Waals surface area contributed by atoms with E-state index in [0.29, 0.717) is 23.2 Å². The van der Waals surface area contributed by atoms with Gasteiger partial charge >= 0.3 is 0 Å². The van der Waals surface area contributed by atoms with Crippen molar-refractivity contribution >= 4 is 5.78 Å². The summed E-state index contributed by atoms with van der Waals surface area (Å²) >= 11 is 0. The van der Waals surface area contributed by atoms with Crippen LogP contribution >= 0.6 is 0 Å². The van der Waals surface area contributed by atoms with E-state index in [1.807, 2.05) is 7.05 Å². The summed E-state index contributed by atoms with van der Waals surface area (Å²) in [6.07, 6.45) is 12.1. The molecule has 0 heterocycles. The number of Topliss-reactive ketones (excluding diaryl/α,β-unsaturated/α-hetero) is 1. The highest BCUT2D eigenvalue weighted by Gasteiger charge is 2.58. The first-order chi connectivity index (χ1) is 12.0. The van der Waals surface area contributed by atoms with Crippen molar-refractivity contribution < 1.29 is 9.53 Å². The minimum absolute atomic E-state index is 0.00364. The molecule has 3 saturated carbocycles. The van der Waals surface area contributed by atoms with Gasteiger partial charge in [0, 0.05) is 18.4 Å². The predicted molar refractivity (Wildman–Crippen MR) is 100 cm³/mol. The Kier molecular flexibility index (Phi) is 4.60. The van der Waals surface area contributed by atoms with Gasteiger partial charge < -0.3 is 10.1 Å². The van der Waals surface area contributed by atoms with Crippen LogP contribution in [0.5, 0.6) is 0 Å². The normalized spacial score (nSPS) is 46.2. The zero-order valence-corrected chi connectivity index (χ0v) is 16.3. The fourth-order valence-electron chi connectivity index (χ4n) is 6.87. The number of carbonyl (C=O) groups excluding carboxylic acids is 1. The number of hydrogen-bond acceptors (Lipinski definition) is 3. The van der Waals surface area contributed by atoms with Crippen LogP contribution in [0.1, 0.15) is 65.2 Å². The van der Waals surface area contributed by atoms with E-state index in [2.05, 4.69) is 25.2 Å². The number of ether oxygens (including phenoxy) is 1. The second-order valence-corrected chi connectivity index (χ2v) is 9.52. The molecular weight excluding hydrogens is 310 g/mol. The molecule has 0 spiro atoms. The van der Waals surface area contributed by atoms with Crippen LogP contribution in [-0.2, 0) is 9.53 Å². The minimum atomic E-state index is -0.00364. The molecule has 4 aliphatic rings. The topological polar surface area (TPSA) is 38.3 Å². The van der Waals surface area contributed by atoms with Crippen LogP contribution in [-0.4, -0.2) is 32.1 Å². The molecule has 0 radical (unpaired) electrons. The van der Waals surface area contributed by atoms with Crippen LogP contribution in [0, 0.1) is 28.6 Å². The SMILES string of the molecule is CNCCOC1CC[C@@]2(C)C(=CCC3C2CC[C@]2(C)C(=O)CCC32)C1. The van der Waals surface area contributed by atoms with Crippen LogP contribution in [0.2, 0.25) is 0 Å². The van der Waals surface area contributed by atoms with Crippen molar-refractivity contribution in [1.29, 1.82) is 0 Å². The van der Waals surface area contributed by atoms with Crippen molar-refractivity contribution in [3.63, 3.8) is 0 Å². The third-order valence-corrected chi connectivity index (χ3v) is 8.47. The monoisotopic (exact) mass is 345 g/mol. The largest absolute Gasteiger partial charge is 0.377 e. The average Bonchev–Trinajstić information content (AvgIpc) is 2.90. The lowest BCUT2D eigenvalue weighted by molar-refractivity contribution is -0.132. The molecule has 6 atom stereocenters. The van der Waals surface area contributed by atoms with Crippen molar-refractivity contribution in [3.05, 3.63) is 11.6 Å². The van der Waals surface area contributed by atoms with Gasteiger partial charge in [0.1, 0.15) is 5.78 Å². The van der Waals surface area contributed by atoms with E-state index in [1.165, 1.54) is 25.7 Å². The second-order valence-electron chi connectivity index (χ2n) is 9.52. The van der Waals surface area contributed by atoms with E-state index in [0.717, 1.165) is 50.7 Å². The van der Waals surface area contributed by atoms with Crippen LogP contribution in [0.15, 0.2) is 11.6 Å². The highest BCUT2D eigenvalue weighted by Crippen LogP contribution is 2.64. The number of nitrogens with one attached hydrogen (secondary N) is 1. The molecule has 0 amide bonds. The van der Waals surface area contributed by atoms with Crippen LogP contribution in [0.25, 0.3) is 0 Å². The van der Waals surface area contributed by atoms with Gasteiger partial charge in [-0.05, 0) is 75.2 Å². The Balaban J connectivity index is 1.51. The van der Waals surface area contributed by atoms with Gasteiger partial charge in [-0.2, -0.15) is 0 Å². The van der Waals surface area contributed by atoms with Crippen molar-refractivity contribution in [1.82, 2.24) is 5.32 Å². The lowest BCUT2D eigenvalue weighted by atomic mass is 9.48. The number of rotatable bonds is 4. The second kappa shape index (κ2) is 6.49. The van der Waals surface area contributed by atoms with Gasteiger partial charge in [0.25, 0.3) is 0 Å². The van der Waals surface area contributed by atoms with Crippen LogP contribution < -0.4 is 5.32 Å². The summed E-state index contributed by atoms with van der Waals surface area (Å²) < 4.78 is 6.10. The van der Waals surface area contributed by atoms with Gasteiger partial charge in [-0.15, -0.1) is 0 Å². The van der Waals surface area contributed by atoms with Crippen molar-refractivity contribution in [2.24, 2.45) is 28.6 Å². The smallest absolute Gasteiger partial charge is 0.139 e. The van der Waals surface area contributed by atoms with E-state index in [-0.39, 0.29) is 5.41 Å². The summed E-state index contributed by atoms with van der Waals surface area (Å²) in [5.74, 6) is 2.71. The highest BCUT2D eigenvalue weighted by atomic mass is 16.5. The van der Waals surface area contributed by atoms with Crippen LogP contribution in [0.3, 0.4) is 0 Å². The molecule has 1 N–H and O–H groups in total. The number of allylic oxidation sites excluding steroid dienone is 1. The first-order valence-electron chi connectivity index (χ1n) is 10.5. The molecule has 0 aromatic rings. The van der Waals surface area contributed by atoms with Gasteiger partial charge in [0.15, 0.2) is 0 Å². The molecule has 3 heteroatoms. The maximum atomic E-state index is 12.5. The van der Waals surface area contributed by atoms with Crippen molar-refractivity contribution in [3.8, 4) is 0 Å². The molecule has 3 fully saturated rings. The van der Waals surface area contributed by atoms with Crippen molar-refractivity contribution in [2.75, 3.05) is 20.2 Å². The maximum absolute atomic E-state index is 12.5. The molecule has 0 saturated heterocycles. The third-order valence-electron chi connectivity index (χ3n) is 8.47. The molecule has 0 aromatic heterocycles. The molecule has 0 bridgehead atoms. The Morgan fingerprint density at radius 2 is 1.92 bits per heavy atom. The number of hydrogen-bond donors (Lipinski definition) is 1. The van der Waals surface area contributed by atoms with Gasteiger partial charge in [0.2, 0.25) is 0 Å². The van der Waals surface area contributed by atoms with Crippen molar-refractivity contribution in [2.45, 2.75) is 71.3 Å². The molecule has 4 aliphatic carbocycles. The third kappa shape index (κ3) is 2.73. The van der Waals surface area contributed by atoms with E-state index in [4.69, 9.17) is 4.74 Å². The minimum Gasteiger partial charge on any atom is -0.377 e. The molecular formula is C22H35NO2. The summed E-state index contributed by atoms with van der Waals surface area (Å²) in [7, 11) is 1.98. The quantitative estimate of drug-likeness (QED) is 0.615. The average molecular weight is 346 g/mol.